The van der Waals surface area contributed by atoms with Crippen LogP contribution in [-0.4, -0.2) is 52.9 Å². The average Bonchev–Trinajstić information content (AvgIpc) is 3.68. The van der Waals surface area contributed by atoms with Crippen molar-refractivity contribution in [3.63, 3.8) is 0 Å². The molecule has 0 saturated carbocycles. The SMILES string of the molecule is CC.CC.CC.CC.CC.CC.CC(C)(C)C1CCOCC1.CC(C)(C)C1COC1.C[C@@H]1CCOC1.C[C@H]1CCOC1. The van der Waals surface area contributed by atoms with Crippen LogP contribution in [-0.2, 0) is 18.9 Å². The minimum Gasteiger partial charge on any atom is -0.381 e. The minimum atomic E-state index is 0.470. The predicted molar refractivity (Wildman–Crippen MR) is 194 cm³/mol. The molecule has 0 aromatic heterocycles. The summed E-state index contributed by atoms with van der Waals surface area (Å²) >= 11 is 0. The van der Waals surface area contributed by atoms with Crippen LogP contribution in [0.1, 0.15) is 164 Å². The van der Waals surface area contributed by atoms with Gasteiger partial charge in [-0.05, 0) is 54.3 Å². The lowest BCUT2D eigenvalue weighted by Crippen LogP contribution is -2.37. The standard InChI is InChI=1S/C9H18O.C7H14O.2C5H10O.6C2H6/c1-9(2,3)8-4-6-10-7-5-8;1-7(2,3)6-4-8-5-6;2*1-5-2-3-6-4-5;6*1-2/h8H,4-7H2,1-3H3;6H,4-5H2,1-3H3;2*5H,2-4H2,1H3;6*1-2H3/t;;2*5-;;;;;;/m..10....../s1. The topological polar surface area (TPSA) is 36.9 Å². The minimum absolute atomic E-state index is 0.470. The first-order chi connectivity index (χ1) is 20.0. The number of rotatable bonds is 0. The lowest BCUT2D eigenvalue weighted by molar-refractivity contribution is -0.0821. The van der Waals surface area contributed by atoms with Gasteiger partial charge in [-0.3, -0.25) is 0 Å². The molecule has 0 radical (unpaired) electrons. The fourth-order valence-electron chi connectivity index (χ4n) is 3.60. The average molecular weight is 609 g/mol. The Kier molecular flexibility index (Phi) is 52.8. The summed E-state index contributed by atoms with van der Waals surface area (Å²) in [5, 5.41) is 0. The Hall–Kier alpha value is -0.160. The van der Waals surface area contributed by atoms with Crippen LogP contribution >= 0.6 is 0 Å². The zero-order valence-corrected chi connectivity index (χ0v) is 33.4. The molecular weight excluding hydrogens is 520 g/mol. The lowest BCUT2D eigenvalue weighted by Gasteiger charge is -2.37. The third kappa shape index (κ3) is 37.9. The van der Waals surface area contributed by atoms with Crippen LogP contribution in [0, 0.1) is 34.5 Å². The van der Waals surface area contributed by atoms with Crippen molar-refractivity contribution >= 4 is 0 Å². The van der Waals surface area contributed by atoms with Gasteiger partial charge in [0, 0.05) is 45.6 Å². The first-order valence-corrected chi connectivity index (χ1v) is 18.3. The highest BCUT2D eigenvalue weighted by atomic mass is 16.5. The Morgan fingerprint density at radius 3 is 0.738 bits per heavy atom. The van der Waals surface area contributed by atoms with Gasteiger partial charge in [-0.25, -0.2) is 0 Å². The molecule has 4 heteroatoms. The van der Waals surface area contributed by atoms with Gasteiger partial charge < -0.3 is 18.9 Å². The molecule has 0 aromatic carbocycles. The second kappa shape index (κ2) is 40.8. The van der Waals surface area contributed by atoms with Gasteiger partial charge in [0.1, 0.15) is 0 Å². The summed E-state index contributed by atoms with van der Waals surface area (Å²) in [5.41, 5.74) is 0.960. The molecule has 0 unspecified atom stereocenters. The Balaban J connectivity index is -0.0000000928. The summed E-state index contributed by atoms with van der Waals surface area (Å²) in [7, 11) is 0. The zero-order valence-electron chi connectivity index (χ0n) is 33.4. The first-order valence-electron chi connectivity index (χ1n) is 18.3. The van der Waals surface area contributed by atoms with Crippen LogP contribution < -0.4 is 0 Å². The highest BCUT2D eigenvalue weighted by Gasteiger charge is 2.30. The molecule has 42 heavy (non-hydrogen) atoms. The fourth-order valence-corrected chi connectivity index (χ4v) is 3.60. The molecular formula is C38H88O4. The summed E-state index contributed by atoms with van der Waals surface area (Å²) in [6.07, 6.45) is 5.03. The van der Waals surface area contributed by atoms with E-state index in [2.05, 4.69) is 55.4 Å². The highest BCUT2D eigenvalue weighted by Crippen LogP contribution is 2.33. The zero-order chi connectivity index (χ0) is 34.6. The van der Waals surface area contributed by atoms with Crippen LogP contribution in [0.5, 0.6) is 0 Å². The van der Waals surface area contributed by atoms with Crippen LogP contribution in [0.2, 0.25) is 0 Å². The van der Waals surface area contributed by atoms with Crippen LogP contribution in [0.25, 0.3) is 0 Å². The van der Waals surface area contributed by atoms with E-state index in [1.54, 1.807) is 0 Å². The van der Waals surface area contributed by atoms with E-state index < -0.39 is 0 Å². The van der Waals surface area contributed by atoms with Crippen molar-refractivity contribution in [3.05, 3.63) is 0 Å². The van der Waals surface area contributed by atoms with E-state index in [0.717, 1.165) is 76.5 Å². The third-order valence-corrected chi connectivity index (χ3v) is 6.62. The van der Waals surface area contributed by atoms with Crippen LogP contribution in [0.4, 0.5) is 0 Å². The van der Waals surface area contributed by atoms with Crippen molar-refractivity contribution in [2.24, 2.45) is 34.5 Å². The van der Waals surface area contributed by atoms with Gasteiger partial charge in [0.05, 0.1) is 13.2 Å². The van der Waals surface area contributed by atoms with Gasteiger partial charge >= 0.3 is 0 Å². The summed E-state index contributed by atoms with van der Waals surface area (Å²) in [5.74, 6) is 3.33. The van der Waals surface area contributed by atoms with Crippen LogP contribution in [0.3, 0.4) is 0 Å². The molecule has 4 fully saturated rings. The number of hydrogen-bond donors (Lipinski definition) is 0. The molecule has 0 N–H and O–H groups in total. The van der Waals surface area contributed by atoms with E-state index in [-0.39, 0.29) is 0 Å². The molecule has 0 spiro atoms. The molecule has 0 aromatic rings. The quantitative estimate of drug-likeness (QED) is 0.274. The van der Waals surface area contributed by atoms with Crippen molar-refractivity contribution in [2.45, 2.75) is 164 Å². The first kappa shape index (κ1) is 54.3. The Morgan fingerprint density at radius 2 is 0.643 bits per heavy atom. The maximum absolute atomic E-state index is 5.29. The van der Waals surface area contributed by atoms with Crippen molar-refractivity contribution in [2.75, 3.05) is 52.9 Å². The maximum Gasteiger partial charge on any atom is 0.0521 e. The van der Waals surface area contributed by atoms with Crippen molar-refractivity contribution in [1.82, 2.24) is 0 Å². The normalized spacial score (nSPS) is 20.6. The van der Waals surface area contributed by atoms with Gasteiger partial charge in [0.2, 0.25) is 0 Å². The number of hydrogen-bond acceptors (Lipinski definition) is 4. The smallest absolute Gasteiger partial charge is 0.0521 e. The fraction of sp³-hybridized carbons (Fsp3) is 1.00. The largest absolute Gasteiger partial charge is 0.381 e. The van der Waals surface area contributed by atoms with E-state index in [1.165, 1.54) is 25.7 Å². The van der Waals surface area contributed by atoms with Crippen LogP contribution in [0.15, 0.2) is 0 Å². The maximum atomic E-state index is 5.29. The van der Waals surface area contributed by atoms with E-state index in [1.807, 2.05) is 83.1 Å². The molecule has 4 aliphatic heterocycles. The molecule has 0 amide bonds. The van der Waals surface area contributed by atoms with E-state index in [9.17, 15) is 0 Å². The predicted octanol–water partition coefficient (Wildman–Crippen LogP) is 12.4. The Bertz CT molecular complexity index is 390. The van der Waals surface area contributed by atoms with Gasteiger partial charge in [0.15, 0.2) is 0 Å². The lowest BCUT2D eigenvalue weighted by atomic mass is 9.76. The number of ether oxygens (including phenoxy) is 4. The third-order valence-electron chi connectivity index (χ3n) is 6.62. The molecule has 4 saturated heterocycles. The summed E-state index contributed by atoms with van der Waals surface area (Å²) in [4.78, 5) is 0. The summed E-state index contributed by atoms with van der Waals surface area (Å²) in [6, 6.07) is 0. The van der Waals surface area contributed by atoms with Crippen molar-refractivity contribution in [3.8, 4) is 0 Å². The molecule has 4 heterocycles. The van der Waals surface area contributed by atoms with Crippen molar-refractivity contribution < 1.29 is 18.9 Å². The Labute approximate surface area is 270 Å². The molecule has 4 rings (SSSR count). The molecule has 264 valence electrons. The molecule has 0 bridgehead atoms. The molecule has 4 nitrogen and oxygen atoms in total. The van der Waals surface area contributed by atoms with Gasteiger partial charge in [-0.1, -0.05) is 138 Å². The summed E-state index contributed by atoms with van der Waals surface area (Å²) < 4.78 is 20.5. The second-order valence-electron chi connectivity index (χ2n) is 11.8. The molecule has 2 atom stereocenters. The van der Waals surface area contributed by atoms with Gasteiger partial charge in [-0.15, -0.1) is 0 Å². The van der Waals surface area contributed by atoms with E-state index in [0.29, 0.717) is 10.8 Å². The van der Waals surface area contributed by atoms with Gasteiger partial charge in [-0.2, -0.15) is 0 Å². The Morgan fingerprint density at radius 1 is 0.357 bits per heavy atom. The van der Waals surface area contributed by atoms with E-state index in [4.69, 9.17) is 18.9 Å². The molecule has 4 aliphatic rings. The van der Waals surface area contributed by atoms with Gasteiger partial charge in [0.25, 0.3) is 0 Å². The summed E-state index contributed by atoms with van der Waals surface area (Å²) in [6.45, 7) is 50.0. The highest BCUT2D eigenvalue weighted by molar-refractivity contribution is 4.78. The second-order valence-corrected chi connectivity index (χ2v) is 11.8. The monoisotopic (exact) mass is 609 g/mol. The van der Waals surface area contributed by atoms with Crippen molar-refractivity contribution in [1.29, 1.82) is 0 Å². The molecule has 0 aliphatic carbocycles. The van der Waals surface area contributed by atoms with E-state index >= 15 is 0 Å².